The molecule has 5 heteroatoms. The molecule has 4 rings (SSSR count). The maximum absolute atomic E-state index is 10.1. The van der Waals surface area contributed by atoms with Crippen LogP contribution in [0.2, 0.25) is 0 Å². The summed E-state index contributed by atoms with van der Waals surface area (Å²) in [4.78, 5) is 4.70. The van der Waals surface area contributed by atoms with E-state index < -0.39 is 5.41 Å². The molecule has 0 fully saturated rings. The van der Waals surface area contributed by atoms with Crippen LogP contribution in [0.3, 0.4) is 0 Å². The van der Waals surface area contributed by atoms with Gasteiger partial charge in [-0.1, -0.05) is 43.3 Å². The van der Waals surface area contributed by atoms with Gasteiger partial charge in [0.15, 0.2) is 0 Å². The van der Waals surface area contributed by atoms with Crippen molar-refractivity contribution in [2.24, 2.45) is 7.05 Å². The quantitative estimate of drug-likeness (QED) is 0.437. The van der Waals surface area contributed by atoms with E-state index in [1.54, 1.807) is 11.8 Å². The molecule has 0 saturated carbocycles. The van der Waals surface area contributed by atoms with E-state index in [2.05, 4.69) is 48.4 Å². The minimum absolute atomic E-state index is 0.604. The zero-order chi connectivity index (χ0) is 22.0. The Hall–Kier alpha value is -3.65. The van der Waals surface area contributed by atoms with Crippen molar-refractivity contribution in [3.63, 3.8) is 0 Å². The summed E-state index contributed by atoms with van der Waals surface area (Å²) in [6.45, 7) is 4.08. The molecule has 2 heterocycles. The van der Waals surface area contributed by atoms with Crippen LogP contribution in [-0.2, 0) is 25.3 Å². The molecule has 4 aromatic rings. The first kappa shape index (κ1) is 20.6. The largest absolute Gasteiger partial charge is 0.481 e. The Morgan fingerprint density at radius 1 is 1.13 bits per heavy atom. The zero-order valence-electron chi connectivity index (χ0n) is 18.4. The van der Waals surface area contributed by atoms with Gasteiger partial charge in [0.1, 0.15) is 0 Å². The maximum Gasteiger partial charge on any atom is 0.216 e. The molecule has 0 radical (unpaired) electrons. The summed E-state index contributed by atoms with van der Waals surface area (Å²) in [6.07, 6.45) is 5.31. The third-order valence-electron chi connectivity index (χ3n) is 5.84. The molecule has 0 N–H and O–H groups in total. The van der Waals surface area contributed by atoms with Crippen LogP contribution in [0.15, 0.2) is 60.9 Å². The number of benzene rings is 2. The van der Waals surface area contributed by atoms with Gasteiger partial charge in [-0.3, -0.25) is 4.68 Å². The molecule has 2 aromatic carbocycles. The van der Waals surface area contributed by atoms with Crippen molar-refractivity contribution in [2.45, 2.75) is 32.1 Å². The van der Waals surface area contributed by atoms with Crippen LogP contribution in [0.1, 0.15) is 30.5 Å². The monoisotopic (exact) mass is 410 g/mol. The van der Waals surface area contributed by atoms with Crippen molar-refractivity contribution >= 4 is 10.9 Å². The number of nitriles is 1. The predicted octanol–water partition coefficient (Wildman–Crippen LogP) is 5.23. The Morgan fingerprint density at radius 3 is 2.65 bits per heavy atom. The van der Waals surface area contributed by atoms with E-state index in [0.29, 0.717) is 12.3 Å². The van der Waals surface area contributed by atoms with E-state index in [4.69, 9.17) is 9.72 Å². The fraction of sp³-hybridized carbons (Fsp3) is 0.269. The van der Waals surface area contributed by atoms with Gasteiger partial charge in [0.25, 0.3) is 0 Å². The minimum atomic E-state index is -0.680. The number of aryl methyl sites for hydroxylation is 2. The Labute approximate surface area is 182 Å². The lowest BCUT2D eigenvalue weighted by Gasteiger charge is -2.23. The van der Waals surface area contributed by atoms with Crippen molar-refractivity contribution in [1.82, 2.24) is 14.8 Å². The summed E-state index contributed by atoms with van der Waals surface area (Å²) < 4.78 is 7.26. The van der Waals surface area contributed by atoms with Gasteiger partial charge in [0.2, 0.25) is 5.88 Å². The molecule has 156 valence electrons. The average molecular weight is 411 g/mol. The van der Waals surface area contributed by atoms with Gasteiger partial charge in [-0.15, -0.1) is 0 Å². The van der Waals surface area contributed by atoms with Crippen molar-refractivity contribution in [1.29, 1.82) is 5.26 Å². The average Bonchev–Trinajstić information content (AvgIpc) is 3.24. The molecule has 0 bridgehead atoms. The Balaban J connectivity index is 1.70. The summed E-state index contributed by atoms with van der Waals surface area (Å²) in [5.74, 6) is 0.648. The molecule has 0 amide bonds. The van der Waals surface area contributed by atoms with Gasteiger partial charge in [-0.2, -0.15) is 10.4 Å². The smallest absolute Gasteiger partial charge is 0.216 e. The molecule has 0 aliphatic carbocycles. The molecule has 1 unspecified atom stereocenters. The number of fused-ring (bicyclic) bond motifs is 1. The highest BCUT2D eigenvalue weighted by Gasteiger charge is 2.27. The van der Waals surface area contributed by atoms with Crippen LogP contribution >= 0.6 is 0 Å². The first-order valence-electron chi connectivity index (χ1n) is 10.4. The van der Waals surface area contributed by atoms with Crippen molar-refractivity contribution < 1.29 is 4.74 Å². The molecular formula is C26H26N4O. The minimum Gasteiger partial charge on any atom is -0.481 e. The third-order valence-corrected chi connectivity index (χ3v) is 5.84. The summed E-state index contributed by atoms with van der Waals surface area (Å²) in [6, 6.07) is 19.1. The zero-order valence-corrected chi connectivity index (χ0v) is 18.4. The number of aromatic nitrogens is 3. The first-order valence-corrected chi connectivity index (χ1v) is 10.4. The molecule has 0 aliphatic heterocycles. The van der Waals surface area contributed by atoms with Gasteiger partial charge < -0.3 is 4.74 Å². The molecule has 0 spiro atoms. The number of pyridine rings is 1. The lowest BCUT2D eigenvalue weighted by Crippen LogP contribution is -2.23. The molecule has 5 nitrogen and oxygen atoms in total. The molecule has 2 aromatic heterocycles. The second-order valence-electron chi connectivity index (χ2n) is 8.14. The highest BCUT2D eigenvalue weighted by atomic mass is 16.5. The summed E-state index contributed by atoms with van der Waals surface area (Å²) in [5.41, 5.74) is 5.47. The van der Waals surface area contributed by atoms with Gasteiger partial charge in [0, 0.05) is 29.8 Å². The number of rotatable bonds is 6. The lowest BCUT2D eigenvalue weighted by atomic mass is 9.78. The van der Waals surface area contributed by atoms with Crippen LogP contribution in [0, 0.1) is 11.3 Å². The van der Waals surface area contributed by atoms with Crippen LogP contribution in [0.25, 0.3) is 22.0 Å². The normalized spacial score (nSPS) is 13.0. The second kappa shape index (κ2) is 8.23. The van der Waals surface area contributed by atoms with E-state index in [1.165, 1.54) is 0 Å². The van der Waals surface area contributed by atoms with E-state index in [0.717, 1.165) is 45.1 Å². The topological polar surface area (TPSA) is 63.7 Å². The fourth-order valence-corrected chi connectivity index (χ4v) is 4.01. The van der Waals surface area contributed by atoms with Crippen LogP contribution in [0.5, 0.6) is 5.88 Å². The molecule has 0 saturated heterocycles. The fourth-order valence-electron chi connectivity index (χ4n) is 4.01. The van der Waals surface area contributed by atoms with E-state index in [1.807, 2.05) is 44.6 Å². The number of ether oxygens (including phenoxy) is 1. The van der Waals surface area contributed by atoms with Gasteiger partial charge in [-0.25, -0.2) is 4.98 Å². The summed E-state index contributed by atoms with van der Waals surface area (Å²) >= 11 is 0. The van der Waals surface area contributed by atoms with E-state index in [-0.39, 0.29) is 0 Å². The van der Waals surface area contributed by atoms with Crippen molar-refractivity contribution in [3.8, 4) is 23.1 Å². The molecule has 1 atom stereocenters. The van der Waals surface area contributed by atoms with Crippen LogP contribution < -0.4 is 4.74 Å². The van der Waals surface area contributed by atoms with Crippen LogP contribution in [-0.4, -0.2) is 21.9 Å². The maximum atomic E-state index is 10.1. The standard InChI is InChI=1S/C26H26N4O/c1-5-19-12-21-9-10-23(13-24(21)29-25(19)31-4)26(2,17-27)14-18-7-6-8-20(11-18)22-15-28-30(3)16-22/h6-13,15-16H,5,14H2,1-4H3. The third kappa shape index (κ3) is 4.02. The second-order valence-corrected chi connectivity index (χ2v) is 8.14. The molecule has 0 aliphatic rings. The predicted molar refractivity (Wildman–Crippen MR) is 123 cm³/mol. The van der Waals surface area contributed by atoms with Crippen LogP contribution in [0.4, 0.5) is 0 Å². The van der Waals surface area contributed by atoms with Gasteiger partial charge in [0.05, 0.1) is 30.3 Å². The molecule has 31 heavy (non-hydrogen) atoms. The summed E-state index contributed by atoms with van der Waals surface area (Å²) in [5, 5.41) is 15.5. The highest BCUT2D eigenvalue weighted by molar-refractivity contribution is 5.81. The van der Waals surface area contributed by atoms with Gasteiger partial charge in [-0.05, 0) is 48.6 Å². The lowest BCUT2D eigenvalue weighted by molar-refractivity contribution is 0.395. The number of hydrogen-bond donors (Lipinski definition) is 0. The Bertz CT molecular complexity index is 1280. The van der Waals surface area contributed by atoms with Crippen molar-refractivity contribution in [2.75, 3.05) is 7.11 Å². The first-order chi connectivity index (χ1) is 15.0. The highest BCUT2D eigenvalue weighted by Crippen LogP contribution is 2.32. The van der Waals surface area contributed by atoms with E-state index in [9.17, 15) is 5.26 Å². The number of methoxy groups -OCH3 is 1. The number of nitrogens with zero attached hydrogens (tertiary/aromatic N) is 4. The summed E-state index contributed by atoms with van der Waals surface area (Å²) in [7, 11) is 3.55. The Kier molecular flexibility index (Phi) is 5.48. The van der Waals surface area contributed by atoms with Crippen molar-refractivity contribution in [3.05, 3.63) is 77.6 Å². The van der Waals surface area contributed by atoms with Gasteiger partial charge >= 0.3 is 0 Å². The van der Waals surface area contributed by atoms with E-state index >= 15 is 0 Å². The molecular weight excluding hydrogens is 384 g/mol. The number of hydrogen-bond acceptors (Lipinski definition) is 4. The SMILES string of the molecule is CCc1cc2ccc(C(C)(C#N)Cc3cccc(-c4cnn(C)c4)c3)cc2nc1OC. The Morgan fingerprint density at radius 2 is 1.97 bits per heavy atom.